The Hall–Kier alpha value is -2.76. The summed E-state index contributed by atoms with van der Waals surface area (Å²) in [6, 6.07) is 2.34. The first-order valence-electron chi connectivity index (χ1n) is 11.0. The van der Waals surface area contributed by atoms with Gasteiger partial charge < -0.3 is 29.4 Å². The molecule has 0 spiro atoms. The van der Waals surface area contributed by atoms with Gasteiger partial charge in [0.1, 0.15) is 6.26 Å². The number of rotatable bonds is 5. The van der Waals surface area contributed by atoms with E-state index in [-0.39, 0.29) is 17.7 Å². The number of amides is 1. The zero-order valence-electron chi connectivity index (χ0n) is 17.5. The highest BCUT2D eigenvalue weighted by molar-refractivity contribution is 7.22. The molecule has 2 aliphatic heterocycles. The molecule has 5 heterocycles. The second-order valence-electron chi connectivity index (χ2n) is 8.47. The molecule has 0 bridgehead atoms. The summed E-state index contributed by atoms with van der Waals surface area (Å²) in [4.78, 5) is 30.9. The van der Waals surface area contributed by atoms with Gasteiger partial charge in [-0.3, -0.25) is 4.79 Å². The quantitative estimate of drug-likeness (QED) is 0.596. The normalized spacial score (nSPS) is 21.5. The Morgan fingerprint density at radius 2 is 1.97 bits per heavy atom. The van der Waals surface area contributed by atoms with E-state index < -0.39 is 0 Å². The lowest BCUT2D eigenvalue weighted by Crippen LogP contribution is -2.36. The van der Waals surface area contributed by atoms with Gasteiger partial charge in [0.25, 0.3) is 11.9 Å². The molecule has 0 unspecified atom stereocenters. The summed E-state index contributed by atoms with van der Waals surface area (Å²) in [5.41, 5.74) is 2.54. The van der Waals surface area contributed by atoms with E-state index in [1.165, 1.54) is 6.26 Å². The molecule has 3 aromatic rings. The largest absolute Gasteiger partial charge is 0.431 e. The van der Waals surface area contributed by atoms with Crippen molar-refractivity contribution < 1.29 is 19.1 Å². The van der Waals surface area contributed by atoms with Crippen LogP contribution in [0.25, 0.3) is 10.3 Å². The number of aliphatic hydroxyl groups is 1. The van der Waals surface area contributed by atoms with Crippen LogP contribution in [0.2, 0.25) is 0 Å². The third kappa shape index (κ3) is 3.80. The van der Waals surface area contributed by atoms with E-state index in [1.807, 2.05) is 11.0 Å². The number of carbonyl (C=O) groups is 1. The van der Waals surface area contributed by atoms with E-state index >= 15 is 0 Å². The average Bonchev–Trinajstić information content (AvgIpc) is 3.19. The number of hydrogen-bond donors (Lipinski definition) is 2. The van der Waals surface area contributed by atoms with Gasteiger partial charge in [-0.25, -0.2) is 4.98 Å². The van der Waals surface area contributed by atoms with Crippen LogP contribution in [0, 0.1) is 0 Å². The Balaban J connectivity index is 1.25. The average molecular weight is 457 g/mol. The molecule has 11 heteroatoms. The summed E-state index contributed by atoms with van der Waals surface area (Å²) < 4.78 is 11.9. The van der Waals surface area contributed by atoms with Crippen molar-refractivity contribution in [3.05, 3.63) is 23.7 Å². The van der Waals surface area contributed by atoms with Crippen LogP contribution in [0.4, 0.5) is 16.8 Å². The maximum Gasteiger partial charge on any atom is 0.298 e. The number of morpholine rings is 1. The number of hydrogen-bond acceptors (Lipinski definition) is 10. The number of β-amino-alcohol motifs (C(OH)–C–C–N with tert-alkyl or cyclic N) is 1. The van der Waals surface area contributed by atoms with Crippen LogP contribution in [-0.4, -0.2) is 71.5 Å². The Kier molecular flexibility index (Phi) is 4.96. The van der Waals surface area contributed by atoms with Crippen LogP contribution in [0.3, 0.4) is 0 Å². The molecule has 3 aliphatic rings. The molecule has 1 atom stereocenters. The summed E-state index contributed by atoms with van der Waals surface area (Å²) in [6.07, 6.45) is 3.77. The van der Waals surface area contributed by atoms with Crippen molar-refractivity contribution in [3.63, 3.8) is 0 Å². The van der Waals surface area contributed by atoms with E-state index in [4.69, 9.17) is 19.1 Å². The van der Waals surface area contributed by atoms with Crippen molar-refractivity contribution in [1.29, 1.82) is 0 Å². The van der Waals surface area contributed by atoms with Gasteiger partial charge in [0, 0.05) is 32.1 Å². The van der Waals surface area contributed by atoms with E-state index in [0.717, 1.165) is 47.1 Å². The Labute approximate surface area is 188 Å². The van der Waals surface area contributed by atoms with Crippen LogP contribution in [0.15, 0.2) is 16.7 Å². The molecule has 0 aromatic carbocycles. The highest BCUT2D eigenvalue weighted by Crippen LogP contribution is 2.44. The topological polar surface area (TPSA) is 117 Å². The van der Waals surface area contributed by atoms with Gasteiger partial charge in [0.2, 0.25) is 0 Å². The summed E-state index contributed by atoms with van der Waals surface area (Å²) in [6.45, 7) is 4.17. The Morgan fingerprint density at radius 3 is 2.72 bits per heavy atom. The monoisotopic (exact) mass is 456 g/mol. The maximum absolute atomic E-state index is 12.9. The number of aromatic nitrogens is 3. The predicted molar refractivity (Wildman–Crippen MR) is 120 cm³/mol. The SMILES string of the molecule is O=C(Nc1cc2sc(N3CCOCC3)nc2nc1C1CC1)c1coc(N2CC[C@H](O)C2)n1. The van der Waals surface area contributed by atoms with Crippen LogP contribution in [0.1, 0.15) is 41.4 Å². The van der Waals surface area contributed by atoms with E-state index in [9.17, 15) is 9.90 Å². The van der Waals surface area contributed by atoms with Crippen molar-refractivity contribution in [1.82, 2.24) is 15.0 Å². The number of carbonyl (C=O) groups excluding carboxylic acids is 1. The molecule has 3 fully saturated rings. The fourth-order valence-corrected chi connectivity index (χ4v) is 5.14. The van der Waals surface area contributed by atoms with Crippen LogP contribution in [0.5, 0.6) is 0 Å². The van der Waals surface area contributed by atoms with Crippen LogP contribution >= 0.6 is 11.3 Å². The maximum atomic E-state index is 12.9. The third-order valence-electron chi connectivity index (χ3n) is 6.05. The molecule has 0 radical (unpaired) electrons. The van der Waals surface area contributed by atoms with Gasteiger partial charge >= 0.3 is 0 Å². The lowest BCUT2D eigenvalue weighted by atomic mass is 10.2. The van der Waals surface area contributed by atoms with Gasteiger partial charge in [-0.2, -0.15) is 9.97 Å². The van der Waals surface area contributed by atoms with Crippen LogP contribution < -0.4 is 15.1 Å². The molecule has 32 heavy (non-hydrogen) atoms. The van der Waals surface area contributed by atoms with Gasteiger partial charge in [0.05, 0.1) is 35.4 Å². The number of nitrogens with zero attached hydrogens (tertiary/aromatic N) is 5. The number of nitrogens with one attached hydrogen (secondary N) is 1. The highest BCUT2D eigenvalue weighted by atomic mass is 32.1. The fraction of sp³-hybridized carbons (Fsp3) is 0.524. The molecule has 1 aliphatic carbocycles. The molecule has 1 amide bonds. The molecular formula is C21H24N6O4S. The molecule has 168 valence electrons. The molecule has 2 saturated heterocycles. The van der Waals surface area contributed by atoms with E-state index in [0.29, 0.717) is 50.3 Å². The van der Waals surface area contributed by atoms with Crippen molar-refractivity contribution >= 4 is 44.4 Å². The van der Waals surface area contributed by atoms with Gasteiger partial charge in [-0.15, -0.1) is 0 Å². The number of oxazole rings is 1. The number of anilines is 3. The molecule has 10 nitrogen and oxygen atoms in total. The molecular weight excluding hydrogens is 432 g/mol. The van der Waals surface area contributed by atoms with Crippen molar-refractivity contribution in [2.45, 2.75) is 31.3 Å². The highest BCUT2D eigenvalue weighted by Gasteiger charge is 2.31. The second-order valence-corrected chi connectivity index (χ2v) is 9.48. The number of ether oxygens (including phenoxy) is 1. The number of thiazole rings is 1. The Morgan fingerprint density at radius 1 is 1.12 bits per heavy atom. The molecule has 6 rings (SSSR count). The Bertz CT molecular complexity index is 1150. The lowest BCUT2D eigenvalue weighted by Gasteiger charge is -2.25. The van der Waals surface area contributed by atoms with E-state index in [1.54, 1.807) is 11.3 Å². The first-order chi connectivity index (χ1) is 15.6. The molecule has 3 aromatic heterocycles. The minimum absolute atomic E-state index is 0.210. The minimum Gasteiger partial charge on any atom is -0.431 e. The second kappa shape index (κ2) is 7.98. The molecule has 2 N–H and O–H groups in total. The first kappa shape index (κ1) is 19.9. The van der Waals surface area contributed by atoms with Gasteiger partial charge in [-0.1, -0.05) is 11.3 Å². The zero-order chi connectivity index (χ0) is 21.7. The summed E-state index contributed by atoms with van der Waals surface area (Å²) in [5.74, 6) is 0.0166. The van der Waals surface area contributed by atoms with Crippen molar-refractivity contribution in [2.24, 2.45) is 0 Å². The van der Waals surface area contributed by atoms with Crippen LogP contribution in [-0.2, 0) is 4.74 Å². The minimum atomic E-state index is -0.389. The first-order valence-corrected chi connectivity index (χ1v) is 11.8. The fourth-order valence-electron chi connectivity index (χ4n) is 4.14. The number of pyridine rings is 1. The van der Waals surface area contributed by atoms with Gasteiger partial charge in [-0.05, 0) is 25.3 Å². The van der Waals surface area contributed by atoms with E-state index in [2.05, 4.69) is 15.2 Å². The summed E-state index contributed by atoms with van der Waals surface area (Å²) in [7, 11) is 0. The smallest absolute Gasteiger partial charge is 0.298 e. The number of fused-ring (bicyclic) bond motifs is 1. The zero-order valence-corrected chi connectivity index (χ0v) is 18.3. The summed E-state index contributed by atoms with van der Waals surface area (Å²) >= 11 is 1.58. The predicted octanol–water partition coefficient (Wildman–Crippen LogP) is 2.22. The molecule has 1 saturated carbocycles. The van der Waals surface area contributed by atoms with Crippen molar-refractivity contribution in [3.8, 4) is 0 Å². The lowest BCUT2D eigenvalue weighted by molar-refractivity contribution is 0.102. The summed E-state index contributed by atoms with van der Waals surface area (Å²) in [5, 5.41) is 13.7. The number of aliphatic hydroxyl groups excluding tert-OH is 1. The van der Waals surface area contributed by atoms with Crippen molar-refractivity contribution in [2.75, 3.05) is 54.5 Å². The standard InChI is InChI=1S/C21H24N6O4S/c28-13-3-4-27(10-13)20-23-15(11-31-20)19(29)22-14-9-16-18(24-17(14)12-1-2-12)25-21(32-16)26-5-7-30-8-6-26/h9,11-13,28H,1-8,10H2,(H,22,29)/t13-/m0/s1. The van der Waals surface area contributed by atoms with Gasteiger partial charge in [0.15, 0.2) is 16.5 Å². The third-order valence-corrected chi connectivity index (χ3v) is 7.11.